The summed E-state index contributed by atoms with van der Waals surface area (Å²) in [5.74, 6) is 1.56. The van der Waals surface area contributed by atoms with Crippen LogP contribution in [0.2, 0.25) is 0 Å². The van der Waals surface area contributed by atoms with Gasteiger partial charge in [-0.05, 0) is 41.8 Å². The van der Waals surface area contributed by atoms with Gasteiger partial charge in [0, 0.05) is 20.3 Å². The number of benzene rings is 2. The minimum Gasteiger partial charge on any atom is -0.508 e. The van der Waals surface area contributed by atoms with Crippen molar-refractivity contribution in [2.45, 2.75) is 64.9 Å². The Labute approximate surface area is 203 Å². The molecule has 0 fully saturated rings. The van der Waals surface area contributed by atoms with Crippen LogP contribution in [-0.2, 0) is 16.1 Å². The Hall–Kier alpha value is -2.48. The molecule has 2 rings (SSSR count). The number of phenolic OH excluding ortho intramolecular Hbond substituents is 1. The molecular formula is C27H40O7. The molecule has 0 saturated carbocycles. The molecule has 0 amide bonds. The molecule has 190 valence electrons. The van der Waals surface area contributed by atoms with Gasteiger partial charge in [-0.15, -0.1) is 0 Å². The number of aromatic hydroxyl groups is 1. The van der Waals surface area contributed by atoms with E-state index in [9.17, 15) is 10.2 Å². The summed E-state index contributed by atoms with van der Waals surface area (Å²) in [5, 5.41) is 20.0. The second kappa shape index (κ2) is 16.2. The molecule has 0 atom stereocenters. The van der Waals surface area contributed by atoms with Crippen molar-refractivity contribution in [2.75, 3.05) is 34.4 Å². The lowest BCUT2D eigenvalue weighted by atomic mass is 10.0. The zero-order chi connectivity index (χ0) is 24.6. The quantitative estimate of drug-likeness (QED) is 0.200. The van der Waals surface area contributed by atoms with E-state index < -0.39 is 0 Å². The first-order chi connectivity index (χ1) is 16.6. The second-order valence-corrected chi connectivity index (χ2v) is 8.27. The lowest BCUT2D eigenvalue weighted by Gasteiger charge is -2.18. The number of ether oxygens (including phenoxy) is 5. The molecule has 34 heavy (non-hydrogen) atoms. The van der Waals surface area contributed by atoms with Gasteiger partial charge in [-0.2, -0.15) is 0 Å². The maximum atomic E-state index is 10.4. The van der Waals surface area contributed by atoms with Gasteiger partial charge < -0.3 is 33.9 Å². The van der Waals surface area contributed by atoms with Gasteiger partial charge in [-0.3, -0.25) is 0 Å². The lowest BCUT2D eigenvalue weighted by molar-refractivity contribution is 0.0466. The number of methoxy groups -OCH3 is 2. The molecule has 7 nitrogen and oxygen atoms in total. The summed E-state index contributed by atoms with van der Waals surface area (Å²) < 4.78 is 27.6. The topological polar surface area (TPSA) is 86.6 Å². The summed E-state index contributed by atoms with van der Waals surface area (Å²) in [6, 6.07) is 8.51. The van der Waals surface area contributed by atoms with E-state index in [0.29, 0.717) is 40.5 Å². The van der Waals surface area contributed by atoms with E-state index in [-0.39, 0.29) is 25.9 Å². The van der Waals surface area contributed by atoms with Crippen molar-refractivity contribution in [1.82, 2.24) is 0 Å². The first-order valence-electron chi connectivity index (χ1n) is 12.1. The number of rotatable bonds is 18. The van der Waals surface area contributed by atoms with Crippen LogP contribution in [0.1, 0.15) is 63.9 Å². The van der Waals surface area contributed by atoms with Crippen LogP contribution in [0.5, 0.6) is 23.0 Å². The summed E-state index contributed by atoms with van der Waals surface area (Å²) in [7, 11) is 3.06. The predicted molar refractivity (Wildman–Crippen MR) is 133 cm³/mol. The van der Waals surface area contributed by atoms with Crippen LogP contribution in [0.25, 0.3) is 11.1 Å². The number of aliphatic hydroxyl groups is 1. The third-order valence-corrected chi connectivity index (χ3v) is 5.42. The minimum absolute atomic E-state index is 0.0201. The van der Waals surface area contributed by atoms with E-state index in [2.05, 4.69) is 6.92 Å². The van der Waals surface area contributed by atoms with Crippen molar-refractivity contribution in [3.05, 3.63) is 35.9 Å². The molecule has 0 bridgehead atoms. The van der Waals surface area contributed by atoms with Crippen LogP contribution >= 0.6 is 0 Å². The molecule has 0 aliphatic carbocycles. The molecule has 0 saturated heterocycles. The maximum absolute atomic E-state index is 10.4. The van der Waals surface area contributed by atoms with Crippen LogP contribution in [0.15, 0.2) is 30.3 Å². The molecule has 0 heterocycles. The van der Waals surface area contributed by atoms with E-state index in [0.717, 1.165) is 12.8 Å². The fourth-order valence-electron chi connectivity index (χ4n) is 3.73. The summed E-state index contributed by atoms with van der Waals surface area (Å²) in [6.45, 7) is 2.68. The average molecular weight is 477 g/mol. The summed E-state index contributed by atoms with van der Waals surface area (Å²) in [4.78, 5) is 0. The summed E-state index contributed by atoms with van der Waals surface area (Å²) in [5.41, 5.74) is 1.89. The van der Waals surface area contributed by atoms with Gasteiger partial charge >= 0.3 is 0 Å². The molecule has 7 heteroatoms. The molecule has 0 aromatic heterocycles. The van der Waals surface area contributed by atoms with Crippen molar-refractivity contribution in [3.63, 3.8) is 0 Å². The third-order valence-electron chi connectivity index (χ3n) is 5.42. The Morgan fingerprint density at radius 1 is 0.706 bits per heavy atom. The SMILES string of the molecule is CCCCCCCCCCOc1cc(O)cc(-c2c(OCOC)cc(CO)cc2OCOC)c1. The highest BCUT2D eigenvalue weighted by Crippen LogP contribution is 2.42. The highest BCUT2D eigenvalue weighted by Gasteiger charge is 2.18. The van der Waals surface area contributed by atoms with Crippen molar-refractivity contribution >= 4 is 0 Å². The van der Waals surface area contributed by atoms with Crippen LogP contribution < -0.4 is 14.2 Å². The monoisotopic (exact) mass is 476 g/mol. The van der Waals surface area contributed by atoms with Crippen LogP contribution in [0, 0.1) is 0 Å². The van der Waals surface area contributed by atoms with Gasteiger partial charge in [0.1, 0.15) is 23.0 Å². The Balaban J connectivity index is 2.14. The van der Waals surface area contributed by atoms with Crippen LogP contribution in [0.4, 0.5) is 0 Å². The van der Waals surface area contributed by atoms with Crippen molar-refractivity contribution in [3.8, 4) is 34.1 Å². The molecule has 2 aromatic carbocycles. The van der Waals surface area contributed by atoms with E-state index in [4.69, 9.17) is 23.7 Å². The van der Waals surface area contributed by atoms with Crippen molar-refractivity contribution in [2.24, 2.45) is 0 Å². The Morgan fingerprint density at radius 3 is 1.85 bits per heavy atom. The Morgan fingerprint density at radius 2 is 1.29 bits per heavy atom. The largest absolute Gasteiger partial charge is 0.508 e. The molecule has 0 radical (unpaired) electrons. The van der Waals surface area contributed by atoms with Gasteiger partial charge in [-0.1, -0.05) is 51.9 Å². The van der Waals surface area contributed by atoms with Gasteiger partial charge in [0.2, 0.25) is 0 Å². The fraction of sp³-hybridized carbons (Fsp3) is 0.556. The van der Waals surface area contributed by atoms with E-state index in [1.54, 1.807) is 24.3 Å². The standard InChI is InChI=1S/C27H40O7/c1-4-5-6-7-8-9-10-11-12-32-24-16-22(15-23(29)17-24)27-25(33-19-30-2)13-21(18-28)14-26(27)34-20-31-3/h13-17,28-29H,4-12,18-20H2,1-3H3. The zero-order valence-corrected chi connectivity index (χ0v) is 20.8. The number of aliphatic hydroxyl groups excluding tert-OH is 1. The molecule has 2 N–H and O–H groups in total. The lowest BCUT2D eigenvalue weighted by Crippen LogP contribution is -2.06. The highest BCUT2D eigenvalue weighted by molar-refractivity contribution is 5.79. The molecule has 0 spiro atoms. The highest BCUT2D eigenvalue weighted by atomic mass is 16.7. The first kappa shape index (κ1) is 27.8. The molecule has 2 aromatic rings. The predicted octanol–water partition coefficient (Wildman–Crippen LogP) is 6.04. The van der Waals surface area contributed by atoms with Gasteiger partial charge in [0.25, 0.3) is 0 Å². The zero-order valence-electron chi connectivity index (χ0n) is 20.8. The average Bonchev–Trinajstić information content (AvgIpc) is 2.84. The van der Waals surface area contributed by atoms with E-state index in [1.165, 1.54) is 52.7 Å². The van der Waals surface area contributed by atoms with Gasteiger partial charge in [-0.25, -0.2) is 0 Å². The Bertz CT molecular complexity index is 809. The maximum Gasteiger partial charge on any atom is 0.188 e. The minimum atomic E-state index is -0.181. The van der Waals surface area contributed by atoms with Crippen molar-refractivity contribution < 1.29 is 33.9 Å². The normalized spacial score (nSPS) is 10.9. The fourth-order valence-corrected chi connectivity index (χ4v) is 3.73. The van der Waals surface area contributed by atoms with Crippen LogP contribution in [-0.4, -0.2) is 44.6 Å². The Kier molecular flexibility index (Phi) is 13.2. The molecular weight excluding hydrogens is 436 g/mol. The van der Waals surface area contributed by atoms with Gasteiger partial charge in [0.05, 0.1) is 18.8 Å². The van der Waals surface area contributed by atoms with Gasteiger partial charge in [0.15, 0.2) is 13.6 Å². The second-order valence-electron chi connectivity index (χ2n) is 8.27. The van der Waals surface area contributed by atoms with Crippen molar-refractivity contribution in [1.29, 1.82) is 0 Å². The van der Waals surface area contributed by atoms with E-state index >= 15 is 0 Å². The first-order valence-corrected chi connectivity index (χ1v) is 12.1. The number of hydrogen-bond acceptors (Lipinski definition) is 7. The summed E-state index contributed by atoms with van der Waals surface area (Å²) in [6.07, 6.45) is 9.81. The number of unbranched alkanes of at least 4 members (excludes halogenated alkanes) is 7. The molecule has 0 unspecified atom stereocenters. The third kappa shape index (κ3) is 9.41. The summed E-state index contributed by atoms with van der Waals surface area (Å²) >= 11 is 0. The molecule has 0 aliphatic heterocycles. The number of hydrogen-bond donors (Lipinski definition) is 2. The smallest absolute Gasteiger partial charge is 0.188 e. The van der Waals surface area contributed by atoms with Crippen LogP contribution in [0.3, 0.4) is 0 Å². The van der Waals surface area contributed by atoms with E-state index in [1.807, 2.05) is 6.07 Å². The molecule has 0 aliphatic rings. The number of phenols is 1.